The molecule has 2 aliphatic heterocycles. The first-order chi connectivity index (χ1) is 16.4. The fourth-order valence-electron chi connectivity index (χ4n) is 7.57. The zero-order valence-electron chi connectivity index (χ0n) is 23.4. The molecule has 0 radical (unpaired) electrons. The van der Waals surface area contributed by atoms with Gasteiger partial charge in [-0.2, -0.15) is 0 Å². The van der Waals surface area contributed by atoms with Gasteiger partial charge in [0.15, 0.2) is 0 Å². The molecule has 1 saturated carbocycles. The summed E-state index contributed by atoms with van der Waals surface area (Å²) in [7, 11) is 0. The predicted molar refractivity (Wildman–Crippen MR) is 149 cm³/mol. The largest absolute Gasteiger partial charge is 0.369 e. The Morgan fingerprint density at radius 1 is 0.912 bits per heavy atom. The van der Waals surface area contributed by atoms with Gasteiger partial charge < -0.3 is 10.1 Å². The van der Waals surface area contributed by atoms with Gasteiger partial charge in [0.1, 0.15) is 0 Å². The van der Waals surface area contributed by atoms with Crippen molar-refractivity contribution < 1.29 is 4.74 Å². The maximum atomic E-state index is 6.32. The summed E-state index contributed by atoms with van der Waals surface area (Å²) in [6, 6.07) is 1.36. The van der Waals surface area contributed by atoms with Gasteiger partial charge in [-0.15, -0.1) is 11.6 Å². The lowest BCUT2D eigenvalue weighted by Gasteiger charge is -2.40. The number of nitrogens with one attached hydrogen (secondary N) is 1. The van der Waals surface area contributed by atoms with E-state index >= 15 is 0 Å². The molecule has 0 amide bonds. The van der Waals surface area contributed by atoms with Gasteiger partial charge in [0, 0.05) is 18.0 Å². The van der Waals surface area contributed by atoms with Gasteiger partial charge in [-0.1, -0.05) is 79.6 Å². The van der Waals surface area contributed by atoms with Crippen molar-refractivity contribution in [1.29, 1.82) is 0 Å². The van der Waals surface area contributed by atoms with Crippen molar-refractivity contribution in [3.63, 3.8) is 0 Å². The summed E-state index contributed by atoms with van der Waals surface area (Å²) in [5, 5.41) is 4.31. The highest BCUT2D eigenvalue weighted by atomic mass is 35.5. The Balaban J connectivity index is 1.64. The van der Waals surface area contributed by atoms with Gasteiger partial charge in [0.05, 0.1) is 12.2 Å². The molecular weight excluding hydrogens is 438 g/mol. The van der Waals surface area contributed by atoms with Crippen molar-refractivity contribution in [2.75, 3.05) is 5.88 Å². The minimum absolute atomic E-state index is 0.525. The quantitative estimate of drug-likeness (QED) is 0.203. The molecule has 2 nitrogen and oxygen atoms in total. The van der Waals surface area contributed by atoms with Crippen LogP contribution in [0.1, 0.15) is 131 Å². The van der Waals surface area contributed by atoms with Gasteiger partial charge in [-0.05, 0) is 86.9 Å². The van der Waals surface area contributed by atoms with Gasteiger partial charge in [-0.3, -0.25) is 0 Å². The van der Waals surface area contributed by atoms with E-state index in [2.05, 4.69) is 39.9 Å². The second-order valence-electron chi connectivity index (χ2n) is 13.2. The molecule has 9 unspecified atom stereocenters. The van der Waals surface area contributed by atoms with E-state index in [4.69, 9.17) is 16.3 Å². The molecule has 1 N–H and O–H groups in total. The lowest BCUT2D eigenvalue weighted by atomic mass is 9.73. The summed E-state index contributed by atoms with van der Waals surface area (Å²) in [4.78, 5) is 0. The van der Waals surface area contributed by atoms with Crippen LogP contribution in [0, 0.1) is 35.5 Å². The van der Waals surface area contributed by atoms with Crippen molar-refractivity contribution in [1.82, 2.24) is 5.32 Å². The number of ether oxygens (including phenoxy) is 1. The molecule has 0 bridgehead atoms. The molecule has 9 atom stereocenters. The fraction of sp³-hybridized carbons (Fsp3) is 1.00. The van der Waals surface area contributed by atoms with Crippen LogP contribution < -0.4 is 5.32 Å². The topological polar surface area (TPSA) is 24.6 Å². The monoisotopic (exact) mass is 495 g/mol. The normalized spacial score (nSPS) is 35.0. The van der Waals surface area contributed by atoms with E-state index in [0.717, 1.165) is 29.6 Å². The third-order valence-electron chi connectivity index (χ3n) is 9.50. The Labute approximate surface area is 218 Å². The first-order valence-corrected chi connectivity index (χ1v) is 15.9. The molecule has 0 aromatic rings. The van der Waals surface area contributed by atoms with Crippen LogP contribution in [0.3, 0.4) is 0 Å². The third kappa shape index (κ3) is 9.26. The van der Waals surface area contributed by atoms with Crippen molar-refractivity contribution >= 4 is 11.6 Å². The van der Waals surface area contributed by atoms with Crippen LogP contribution in [-0.2, 0) is 4.74 Å². The summed E-state index contributed by atoms with van der Waals surface area (Å²) < 4.78 is 6.18. The summed E-state index contributed by atoms with van der Waals surface area (Å²) in [5.74, 6) is 5.63. The van der Waals surface area contributed by atoms with Crippen LogP contribution in [0.5, 0.6) is 0 Å². The van der Waals surface area contributed by atoms with E-state index < -0.39 is 0 Å². The van der Waals surface area contributed by atoms with Gasteiger partial charge in [0.25, 0.3) is 0 Å². The number of epoxide rings is 1. The first kappa shape index (κ1) is 28.8. The van der Waals surface area contributed by atoms with Crippen LogP contribution in [0.25, 0.3) is 0 Å². The first-order valence-electron chi connectivity index (χ1n) is 15.4. The molecule has 3 fully saturated rings. The Morgan fingerprint density at radius 2 is 1.68 bits per heavy atom. The molecule has 34 heavy (non-hydrogen) atoms. The summed E-state index contributed by atoms with van der Waals surface area (Å²) >= 11 is 6.32. The zero-order valence-corrected chi connectivity index (χ0v) is 24.1. The molecule has 0 aromatic carbocycles. The molecule has 3 aliphatic rings. The number of alkyl halides is 1. The molecular formula is C31H58ClNO. The Morgan fingerprint density at radius 3 is 2.38 bits per heavy atom. The van der Waals surface area contributed by atoms with Crippen LogP contribution in [0.2, 0.25) is 0 Å². The maximum absolute atomic E-state index is 6.32. The van der Waals surface area contributed by atoms with Gasteiger partial charge >= 0.3 is 0 Å². The number of hydrogen-bond acceptors (Lipinski definition) is 2. The SMILES string of the molecule is CCCCC(CC(C)CCl)C1CC2CCCCCC2CCC(CCC2OC2C(C)CC(C)C)N1. The van der Waals surface area contributed by atoms with Crippen LogP contribution >= 0.6 is 11.6 Å². The molecule has 3 rings (SSSR count). The summed E-state index contributed by atoms with van der Waals surface area (Å²) in [6.07, 6.45) is 21.9. The molecule has 0 aromatic heterocycles. The van der Waals surface area contributed by atoms with E-state index in [1.54, 1.807) is 0 Å². The number of halogens is 1. The average molecular weight is 496 g/mol. The molecule has 200 valence electrons. The minimum atomic E-state index is 0.525. The van der Waals surface area contributed by atoms with E-state index in [9.17, 15) is 0 Å². The summed E-state index contributed by atoms with van der Waals surface area (Å²) in [5.41, 5.74) is 0. The highest BCUT2D eigenvalue weighted by molar-refractivity contribution is 6.18. The Kier molecular flexibility index (Phi) is 12.5. The molecule has 2 saturated heterocycles. The standard InChI is InChI=1S/C31H58ClNO/c1-6-7-11-27(19-23(4)21-32)29-20-26-13-10-8-9-12-25(26)14-15-28(33-29)16-17-30-31(34-30)24(5)18-22(2)3/h22-31,33H,6-21H2,1-5H3. The Bertz CT molecular complexity index is 554. The zero-order chi connectivity index (χ0) is 24.5. The fourth-order valence-corrected chi connectivity index (χ4v) is 7.69. The molecule has 2 heterocycles. The molecule has 0 spiro atoms. The van der Waals surface area contributed by atoms with Gasteiger partial charge in [-0.25, -0.2) is 0 Å². The van der Waals surface area contributed by atoms with E-state index in [-0.39, 0.29) is 0 Å². The second kappa shape index (κ2) is 14.8. The highest BCUT2D eigenvalue weighted by Gasteiger charge is 2.43. The van der Waals surface area contributed by atoms with E-state index in [1.807, 2.05) is 0 Å². The van der Waals surface area contributed by atoms with Crippen LogP contribution in [0.4, 0.5) is 0 Å². The van der Waals surface area contributed by atoms with Crippen molar-refractivity contribution in [3.05, 3.63) is 0 Å². The number of fused-ring (bicyclic) bond motifs is 1. The van der Waals surface area contributed by atoms with Crippen molar-refractivity contribution in [3.8, 4) is 0 Å². The van der Waals surface area contributed by atoms with Gasteiger partial charge in [0.2, 0.25) is 0 Å². The van der Waals surface area contributed by atoms with Crippen LogP contribution in [-0.4, -0.2) is 30.2 Å². The maximum Gasteiger partial charge on any atom is 0.0867 e. The number of unbranched alkanes of at least 4 members (excludes halogenated alkanes) is 1. The van der Waals surface area contributed by atoms with Crippen LogP contribution in [0.15, 0.2) is 0 Å². The summed E-state index contributed by atoms with van der Waals surface area (Å²) in [6.45, 7) is 11.8. The lowest BCUT2D eigenvalue weighted by Crippen LogP contribution is -2.47. The van der Waals surface area contributed by atoms with E-state index in [0.29, 0.717) is 36.1 Å². The average Bonchev–Trinajstić information content (AvgIpc) is 3.60. The van der Waals surface area contributed by atoms with Crippen molar-refractivity contribution in [2.45, 2.75) is 155 Å². The Hall–Kier alpha value is 0.210. The molecule has 1 aliphatic carbocycles. The second-order valence-corrected chi connectivity index (χ2v) is 13.5. The number of rotatable bonds is 13. The highest BCUT2D eigenvalue weighted by Crippen LogP contribution is 2.41. The smallest absolute Gasteiger partial charge is 0.0867 e. The van der Waals surface area contributed by atoms with Crippen molar-refractivity contribution in [2.24, 2.45) is 35.5 Å². The van der Waals surface area contributed by atoms with E-state index in [1.165, 1.54) is 96.3 Å². The lowest BCUT2D eigenvalue weighted by molar-refractivity contribution is 0.150. The predicted octanol–water partition coefficient (Wildman–Crippen LogP) is 8.99. The third-order valence-corrected chi connectivity index (χ3v) is 10.0. The number of hydrogen-bond donors (Lipinski definition) is 1. The molecule has 3 heteroatoms. The minimum Gasteiger partial charge on any atom is -0.369 e.